The average Bonchev–Trinajstić information content (AvgIpc) is 3.59. The van der Waals surface area contributed by atoms with Gasteiger partial charge in [-0.05, 0) is 68.9 Å². The first kappa shape index (κ1) is 52.5. The number of fused-ring (bicyclic) bond motifs is 3. The lowest BCUT2D eigenvalue weighted by Crippen LogP contribution is -2.62. The number of aliphatic hydroxyl groups is 1. The molecule has 3 aromatic carbocycles. The smallest absolute Gasteiger partial charge is 0.407 e. The molecule has 19 heteroatoms. The van der Waals surface area contributed by atoms with Crippen molar-refractivity contribution >= 4 is 47.5 Å². The van der Waals surface area contributed by atoms with Gasteiger partial charge in [0.25, 0.3) is 0 Å². The first-order valence-electron chi connectivity index (χ1n) is 21.8. The molecule has 10 N–H and O–H groups in total. The Morgan fingerprint density at radius 1 is 0.687 bits per heavy atom. The first-order valence-corrected chi connectivity index (χ1v) is 21.8. The number of hydrogen-bond donors (Lipinski definition) is 8. The molecule has 0 aromatic heterocycles. The zero-order chi connectivity index (χ0) is 49.4. The van der Waals surface area contributed by atoms with Crippen LogP contribution in [0.4, 0.5) is 4.79 Å². The van der Waals surface area contributed by atoms with Crippen LogP contribution in [-0.2, 0) is 54.2 Å². The van der Waals surface area contributed by atoms with E-state index < -0.39 is 108 Å². The topological polar surface area (TPSA) is 297 Å². The number of benzene rings is 3. The van der Waals surface area contributed by atoms with Crippen molar-refractivity contribution in [2.45, 2.75) is 114 Å². The van der Waals surface area contributed by atoms with Crippen molar-refractivity contribution in [3.05, 3.63) is 108 Å². The molecule has 7 atom stereocenters. The summed E-state index contributed by atoms with van der Waals surface area (Å²) in [7, 11) is 0. The molecule has 0 aliphatic heterocycles. The van der Waals surface area contributed by atoms with Crippen molar-refractivity contribution in [2.24, 2.45) is 11.5 Å². The Morgan fingerprint density at radius 2 is 1.22 bits per heavy atom. The van der Waals surface area contributed by atoms with Crippen molar-refractivity contribution in [3.63, 3.8) is 0 Å². The number of hydrogen-bond acceptors (Lipinski definition) is 12. The highest BCUT2D eigenvalue weighted by molar-refractivity contribution is 5.97. The summed E-state index contributed by atoms with van der Waals surface area (Å²) in [5.74, 6) is -6.93. The van der Waals surface area contributed by atoms with Gasteiger partial charge in [-0.2, -0.15) is 0 Å². The molecule has 0 bridgehead atoms. The number of nitrogens with one attached hydrogen (secondary N) is 5. The number of primary amides is 2. The molecule has 19 nitrogen and oxygen atoms in total. The molecule has 7 amide bonds. The van der Waals surface area contributed by atoms with Crippen LogP contribution in [0.2, 0.25) is 0 Å². The second kappa shape index (κ2) is 24.4. The fourth-order valence-electron chi connectivity index (χ4n) is 7.49. The molecule has 3 aromatic rings. The minimum absolute atomic E-state index is 0.0949. The number of alkyl carbamates (subject to hydrolysis) is 1. The third-order valence-corrected chi connectivity index (χ3v) is 10.5. The van der Waals surface area contributed by atoms with E-state index >= 15 is 0 Å². The van der Waals surface area contributed by atoms with Crippen molar-refractivity contribution in [1.29, 1.82) is 0 Å². The number of ether oxygens (including phenoxy) is 3. The highest BCUT2D eigenvalue weighted by atomic mass is 16.6. The summed E-state index contributed by atoms with van der Waals surface area (Å²) in [6, 6.07) is 16.1. The van der Waals surface area contributed by atoms with Gasteiger partial charge in [0.2, 0.25) is 35.4 Å². The minimum Gasteiger partial charge on any atom is -0.460 e. The summed E-state index contributed by atoms with van der Waals surface area (Å²) in [5, 5.41) is 23.1. The number of aliphatic hydroxyl groups excluding tert-OH is 1. The third-order valence-electron chi connectivity index (χ3n) is 10.5. The van der Waals surface area contributed by atoms with Gasteiger partial charge in [0.05, 0.1) is 24.2 Å². The van der Waals surface area contributed by atoms with Crippen LogP contribution in [-0.4, -0.2) is 114 Å². The normalized spacial score (nSPS) is 15.0. The Morgan fingerprint density at radius 3 is 1.78 bits per heavy atom. The number of rotatable bonds is 24. The SMILES string of the molecule is C=CCOC(=O)[C@H](CC(N)=O)NC(=O)[C@@H](NC(=O)[C@@H](Cc1ccccc1)NC(=O)[C@H](CCC(N)=O)NC(=O)[C@@H](NC(=O)OCC1c2ccccc2-c2ccccc21)[C@@H](C)O)[C@@H](C)OC(C)(C)C. The van der Waals surface area contributed by atoms with Crippen LogP contribution < -0.4 is 38.1 Å². The number of carbonyl (C=O) groups excluding carboxylic acids is 8. The van der Waals surface area contributed by atoms with E-state index in [1.165, 1.54) is 19.9 Å². The highest BCUT2D eigenvalue weighted by Gasteiger charge is 2.38. The van der Waals surface area contributed by atoms with Crippen LogP contribution in [0.15, 0.2) is 91.5 Å². The van der Waals surface area contributed by atoms with Gasteiger partial charge in [-0.3, -0.25) is 28.8 Å². The molecule has 0 unspecified atom stereocenters. The molecule has 67 heavy (non-hydrogen) atoms. The highest BCUT2D eigenvalue weighted by Crippen LogP contribution is 2.44. The van der Waals surface area contributed by atoms with Crippen molar-refractivity contribution in [3.8, 4) is 11.1 Å². The van der Waals surface area contributed by atoms with Crippen LogP contribution in [0.1, 0.15) is 76.5 Å². The molecule has 360 valence electrons. The maximum atomic E-state index is 14.3. The van der Waals surface area contributed by atoms with Gasteiger partial charge in [-0.25, -0.2) is 9.59 Å². The van der Waals surface area contributed by atoms with Gasteiger partial charge in [0.15, 0.2) is 0 Å². The molecule has 0 heterocycles. The number of amides is 7. The molecule has 0 saturated carbocycles. The van der Waals surface area contributed by atoms with E-state index in [1.54, 1.807) is 51.1 Å². The van der Waals surface area contributed by atoms with E-state index in [2.05, 4.69) is 33.2 Å². The largest absolute Gasteiger partial charge is 0.460 e. The summed E-state index contributed by atoms with van der Waals surface area (Å²) < 4.78 is 16.7. The van der Waals surface area contributed by atoms with Crippen LogP contribution in [0.3, 0.4) is 0 Å². The predicted octanol–water partition coefficient (Wildman–Crippen LogP) is 1.53. The molecule has 0 radical (unpaired) electrons. The molecule has 4 rings (SSSR count). The van der Waals surface area contributed by atoms with E-state index in [-0.39, 0.29) is 32.0 Å². The molecule has 0 saturated heterocycles. The second-order valence-electron chi connectivity index (χ2n) is 17.1. The lowest BCUT2D eigenvalue weighted by molar-refractivity contribution is -0.149. The lowest BCUT2D eigenvalue weighted by atomic mass is 9.98. The van der Waals surface area contributed by atoms with E-state index in [9.17, 15) is 43.5 Å². The molecule has 1 aliphatic rings. The minimum atomic E-state index is -1.65. The fourth-order valence-corrected chi connectivity index (χ4v) is 7.49. The van der Waals surface area contributed by atoms with E-state index in [0.717, 1.165) is 22.3 Å². The van der Waals surface area contributed by atoms with Crippen molar-refractivity contribution in [1.82, 2.24) is 26.6 Å². The maximum Gasteiger partial charge on any atom is 0.407 e. The second-order valence-corrected chi connectivity index (χ2v) is 17.1. The Labute approximate surface area is 389 Å². The standard InChI is InChI=1S/C48H61N7O12/c1-7-23-65-46(63)37(25-39(50)58)53-45(62)41(28(3)67-48(4,5)6)54-43(60)36(24-29-15-9-8-10-16-29)52-42(59)35(21-22-38(49)57)51-44(61)40(27(2)56)55-47(64)66-26-34-32-19-13-11-17-30(32)31-18-12-14-20-33(31)34/h7-20,27-28,34-37,40-41,56H,1,21-26H2,2-6H3,(H2,49,57)(H2,50,58)(H,51,61)(H,52,59)(H,53,62)(H,54,60)(H,55,64)/t27-,28-,35+,36-,37+,40+,41+/m1/s1. The van der Waals surface area contributed by atoms with Gasteiger partial charge in [0, 0.05) is 18.8 Å². The van der Waals surface area contributed by atoms with Crippen molar-refractivity contribution < 1.29 is 57.7 Å². The van der Waals surface area contributed by atoms with E-state index in [4.69, 9.17) is 25.7 Å². The maximum absolute atomic E-state index is 14.3. The monoisotopic (exact) mass is 927 g/mol. The number of carbonyl (C=O) groups is 8. The fraction of sp³-hybridized carbons (Fsp3) is 0.417. The van der Waals surface area contributed by atoms with Crippen LogP contribution in [0, 0.1) is 0 Å². The van der Waals surface area contributed by atoms with Crippen LogP contribution in [0.5, 0.6) is 0 Å². The molecule has 0 spiro atoms. The molecule has 0 fully saturated rings. The summed E-state index contributed by atoms with van der Waals surface area (Å²) in [5.41, 5.74) is 14.4. The van der Waals surface area contributed by atoms with Crippen molar-refractivity contribution in [2.75, 3.05) is 13.2 Å². The first-order chi connectivity index (χ1) is 31.7. The summed E-state index contributed by atoms with van der Waals surface area (Å²) in [4.78, 5) is 106. The molecule has 1 aliphatic carbocycles. The average molecular weight is 928 g/mol. The Kier molecular flexibility index (Phi) is 19.1. The van der Waals surface area contributed by atoms with Gasteiger partial charge in [-0.15, -0.1) is 0 Å². The van der Waals surface area contributed by atoms with Crippen LogP contribution in [0.25, 0.3) is 11.1 Å². The van der Waals surface area contributed by atoms with E-state index in [0.29, 0.717) is 5.56 Å². The zero-order valence-corrected chi connectivity index (χ0v) is 38.2. The predicted molar refractivity (Wildman–Crippen MR) is 245 cm³/mol. The molecular formula is C48H61N7O12. The summed E-state index contributed by atoms with van der Waals surface area (Å²) in [6.07, 6.45) is -3.91. The Balaban J connectivity index is 1.56. The Hall–Kier alpha value is -7.12. The quantitative estimate of drug-likeness (QED) is 0.0469. The third kappa shape index (κ3) is 15.8. The summed E-state index contributed by atoms with van der Waals surface area (Å²) >= 11 is 0. The Bertz CT molecular complexity index is 2220. The van der Waals surface area contributed by atoms with Gasteiger partial charge in [0.1, 0.15) is 43.4 Å². The van der Waals surface area contributed by atoms with Gasteiger partial charge in [-0.1, -0.05) is 91.5 Å². The number of esters is 1. The van der Waals surface area contributed by atoms with Gasteiger partial charge < -0.3 is 57.4 Å². The van der Waals surface area contributed by atoms with Crippen LogP contribution >= 0.6 is 0 Å². The lowest BCUT2D eigenvalue weighted by Gasteiger charge is -2.32. The van der Waals surface area contributed by atoms with Gasteiger partial charge >= 0.3 is 12.1 Å². The number of nitrogens with two attached hydrogens (primary N) is 2. The van der Waals surface area contributed by atoms with E-state index in [1.807, 2.05) is 48.5 Å². The zero-order valence-electron chi connectivity index (χ0n) is 38.2. The summed E-state index contributed by atoms with van der Waals surface area (Å²) in [6.45, 7) is 11.0. The molecular weight excluding hydrogens is 867 g/mol.